The van der Waals surface area contributed by atoms with Gasteiger partial charge in [0.2, 0.25) is 0 Å². The van der Waals surface area contributed by atoms with E-state index < -0.39 is 0 Å². The maximum absolute atomic E-state index is 12.7. The third-order valence-electron chi connectivity index (χ3n) is 3.85. The molecular weight excluding hydrogens is 292 g/mol. The second-order valence-electron chi connectivity index (χ2n) is 5.30. The summed E-state index contributed by atoms with van der Waals surface area (Å²) < 4.78 is 5.12. The van der Waals surface area contributed by atoms with Gasteiger partial charge >= 0.3 is 0 Å². The number of amides is 1. The van der Waals surface area contributed by atoms with Crippen molar-refractivity contribution < 1.29 is 14.6 Å². The summed E-state index contributed by atoms with van der Waals surface area (Å²) in [5, 5.41) is 9.92. The summed E-state index contributed by atoms with van der Waals surface area (Å²) >= 11 is 0. The van der Waals surface area contributed by atoms with Gasteiger partial charge in [-0.1, -0.05) is 0 Å². The van der Waals surface area contributed by atoms with Crippen LogP contribution in [0.5, 0.6) is 11.5 Å². The summed E-state index contributed by atoms with van der Waals surface area (Å²) in [6.45, 7) is 2.60. The summed E-state index contributed by atoms with van der Waals surface area (Å²) in [6, 6.07) is 4.64. The third-order valence-corrected chi connectivity index (χ3v) is 3.85. The number of likely N-dealkylation sites (tertiary alicyclic amines) is 1. The molecule has 6 heteroatoms. The molecule has 0 aliphatic carbocycles. The van der Waals surface area contributed by atoms with Crippen LogP contribution in [-0.2, 0) is 0 Å². The fourth-order valence-electron chi connectivity index (χ4n) is 2.72. The van der Waals surface area contributed by atoms with Gasteiger partial charge in [0.05, 0.1) is 12.7 Å². The zero-order valence-corrected chi connectivity index (χ0v) is 13.2. The van der Waals surface area contributed by atoms with E-state index in [9.17, 15) is 9.90 Å². The van der Waals surface area contributed by atoms with Crippen molar-refractivity contribution in [2.24, 2.45) is 5.73 Å². The largest absolute Gasteiger partial charge is 0.507 e. The lowest BCUT2D eigenvalue weighted by atomic mass is 9.96. The Kier molecular flexibility index (Phi) is 6.30. The third kappa shape index (κ3) is 3.80. The van der Waals surface area contributed by atoms with Gasteiger partial charge in [0.25, 0.3) is 5.91 Å². The second-order valence-corrected chi connectivity index (χ2v) is 5.30. The summed E-state index contributed by atoms with van der Waals surface area (Å²) in [5.74, 6) is 0.355. The molecule has 3 N–H and O–H groups in total. The van der Waals surface area contributed by atoms with Gasteiger partial charge in [-0.25, -0.2) is 0 Å². The van der Waals surface area contributed by atoms with Gasteiger partial charge in [-0.2, -0.15) is 0 Å². The van der Waals surface area contributed by atoms with Crippen molar-refractivity contribution in [2.75, 3.05) is 13.7 Å². The SMILES string of the molecule is COc1ccc(O)c(C(=O)N2CCCCC2C(C)N)c1.Cl. The van der Waals surface area contributed by atoms with E-state index in [0.29, 0.717) is 12.3 Å². The molecule has 1 saturated heterocycles. The average Bonchev–Trinajstić information content (AvgIpc) is 2.47. The van der Waals surface area contributed by atoms with Crippen molar-refractivity contribution in [1.29, 1.82) is 0 Å². The monoisotopic (exact) mass is 314 g/mol. The Morgan fingerprint density at radius 2 is 2.19 bits per heavy atom. The zero-order chi connectivity index (χ0) is 14.7. The van der Waals surface area contributed by atoms with E-state index in [1.54, 1.807) is 17.0 Å². The fourth-order valence-corrected chi connectivity index (χ4v) is 2.72. The molecule has 0 bridgehead atoms. The van der Waals surface area contributed by atoms with Gasteiger partial charge in [-0.05, 0) is 44.4 Å². The van der Waals surface area contributed by atoms with Crippen molar-refractivity contribution in [2.45, 2.75) is 38.3 Å². The molecule has 2 unspecified atom stereocenters. The number of methoxy groups -OCH3 is 1. The smallest absolute Gasteiger partial charge is 0.258 e. The Labute approximate surface area is 131 Å². The molecule has 0 spiro atoms. The number of piperidine rings is 1. The van der Waals surface area contributed by atoms with E-state index in [0.717, 1.165) is 19.3 Å². The number of phenols is 1. The molecule has 1 aliphatic heterocycles. The number of nitrogens with two attached hydrogens (primary N) is 1. The highest BCUT2D eigenvalue weighted by Gasteiger charge is 2.31. The van der Waals surface area contributed by atoms with Crippen molar-refractivity contribution in [1.82, 2.24) is 4.90 Å². The lowest BCUT2D eigenvalue weighted by molar-refractivity contribution is 0.0580. The van der Waals surface area contributed by atoms with Crippen LogP contribution >= 0.6 is 12.4 Å². The van der Waals surface area contributed by atoms with Crippen LogP contribution in [0.15, 0.2) is 18.2 Å². The lowest BCUT2D eigenvalue weighted by Crippen LogP contribution is -2.51. The molecule has 5 nitrogen and oxygen atoms in total. The van der Waals surface area contributed by atoms with Gasteiger partial charge < -0.3 is 20.5 Å². The summed E-state index contributed by atoms with van der Waals surface area (Å²) in [4.78, 5) is 14.4. The highest BCUT2D eigenvalue weighted by atomic mass is 35.5. The molecule has 0 saturated carbocycles. The molecule has 1 aromatic rings. The van der Waals surface area contributed by atoms with E-state index in [1.165, 1.54) is 13.2 Å². The van der Waals surface area contributed by atoms with E-state index in [2.05, 4.69) is 0 Å². The van der Waals surface area contributed by atoms with Crippen LogP contribution in [0.3, 0.4) is 0 Å². The van der Waals surface area contributed by atoms with Crippen molar-refractivity contribution in [3.8, 4) is 11.5 Å². The van der Waals surface area contributed by atoms with Crippen LogP contribution in [0.4, 0.5) is 0 Å². The minimum absolute atomic E-state index is 0. The maximum Gasteiger partial charge on any atom is 0.258 e. The number of ether oxygens (including phenoxy) is 1. The van der Waals surface area contributed by atoms with Crippen LogP contribution in [0, 0.1) is 0 Å². The number of hydrogen-bond acceptors (Lipinski definition) is 4. The first kappa shape index (κ1) is 17.6. The standard InChI is InChI=1S/C15H22N2O3.ClH/c1-10(16)13-5-3-4-8-17(13)15(19)12-9-11(20-2)6-7-14(12)18;/h6-7,9-10,13,18H,3-5,8,16H2,1-2H3;1H. The molecule has 1 amide bonds. The van der Waals surface area contributed by atoms with E-state index in [1.807, 2.05) is 6.92 Å². The van der Waals surface area contributed by atoms with Gasteiger partial charge in [0, 0.05) is 18.6 Å². The topological polar surface area (TPSA) is 75.8 Å². The number of carbonyl (C=O) groups excluding carboxylic acids is 1. The van der Waals surface area contributed by atoms with Gasteiger partial charge in [-0.3, -0.25) is 4.79 Å². The highest BCUT2D eigenvalue weighted by Crippen LogP contribution is 2.27. The normalized spacial score (nSPS) is 19.6. The zero-order valence-electron chi connectivity index (χ0n) is 12.4. The van der Waals surface area contributed by atoms with E-state index in [4.69, 9.17) is 10.5 Å². The number of aromatic hydroxyl groups is 1. The minimum Gasteiger partial charge on any atom is -0.507 e. The highest BCUT2D eigenvalue weighted by molar-refractivity contribution is 5.97. The first-order valence-electron chi connectivity index (χ1n) is 6.98. The van der Waals surface area contributed by atoms with Gasteiger partial charge in [0.1, 0.15) is 11.5 Å². The molecule has 0 radical (unpaired) electrons. The Balaban J connectivity index is 0.00000220. The molecule has 1 fully saturated rings. The Bertz CT molecular complexity index is 494. The van der Waals surface area contributed by atoms with Crippen LogP contribution in [-0.4, -0.2) is 41.7 Å². The van der Waals surface area contributed by atoms with E-state index in [-0.39, 0.29) is 41.7 Å². The lowest BCUT2D eigenvalue weighted by Gasteiger charge is -2.38. The molecule has 21 heavy (non-hydrogen) atoms. The van der Waals surface area contributed by atoms with Crippen LogP contribution in [0.25, 0.3) is 0 Å². The molecule has 2 rings (SSSR count). The number of rotatable bonds is 3. The molecular formula is C15H23ClN2O3. The Morgan fingerprint density at radius 1 is 1.48 bits per heavy atom. The molecule has 1 heterocycles. The molecule has 2 atom stereocenters. The molecule has 1 aliphatic rings. The Morgan fingerprint density at radius 3 is 2.81 bits per heavy atom. The van der Waals surface area contributed by atoms with Gasteiger partial charge in [0.15, 0.2) is 0 Å². The van der Waals surface area contributed by atoms with E-state index >= 15 is 0 Å². The molecule has 118 valence electrons. The van der Waals surface area contributed by atoms with Crippen LogP contribution in [0.2, 0.25) is 0 Å². The predicted octanol–water partition coefficient (Wildman–Crippen LogP) is 2.16. The number of carbonyl (C=O) groups is 1. The summed E-state index contributed by atoms with van der Waals surface area (Å²) in [5.41, 5.74) is 6.26. The van der Waals surface area contributed by atoms with Crippen LogP contribution in [0.1, 0.15) is 36.5 Å². The minimum atomic E-state index is -0.177. The number of benzene rings is 1. The summed E-state index contributed by atoms with van der Waals surface area (Å²) in [7, 11) is 1.53. The van der Waals surface area contributed by atoms with Crippen LogP contribution < -0.4 is 10.5 Å². The predicted molar refractivity (Wildman–Crippen MR) is 84.2 cm³/mol. The number of nitrogens with zero attached hydrogens (tertiary/aromatic N) is 1. The first-order valence-corrected chi connectivity index (χ1v) is 6.98. The molecule has 1 aromatic carbocycles. The average molecular weight is 315 g/mol. The summed E-state index contributed by atoms with van der Waals surface area (Å²) in [6.07, 6.45) is 2.97. The number of phenolic OH excluding ortho intramolecular Hbond substituents is 1. The second kappa shape index (κ2) is 7.52. The molecule has 0 aromatic heterocycles. The maximum atomic E-state index is 12.7. The Hall–Kier alpha value is -1.46. The first-order chi connectivity index (χ1) is 9.54. The van der Waals surface area contributed by atoms with Gasteiger partial charge in [-0.15, -0.1) is 12.4 Å². The van der Waals surface area contributed by atoms with Crippen molar-refractivity contribution >= 4 is 18.3 Å². The quantitative estimate of drug-likeness (QED) is 0.896. The fraction of sp³-hybridized carbons (Fsp3) is 0.533. The van der Waals surface area contributed by atoms with Crippen molar-refractivity contribution in [3.05, 3.63) is 23.8 Å². The van der Waals surface area contributed by atoms with Crippen molar-refractivity contribution in [3.63, 3.8) is 0 Å². The number of hydrogen-bond donors (Lipinski definition) is 2. The number of halogens is 1.